The maximum absolute atomic E-state index is 13.1. The molecule has 2 aromatic carbocycles. The molecule has 0 atom stereocenters. The van der Waals surface area contributed by atoms with Crippen molar-refractivity contribution in [3.05, 3.63) is 71.8 Å². The Balaban J connectivity index is 0.00000205. The maximum Gasteiger partial charge on any atom is 0.238 e. The van der Waals surface area contributed by atoms with Crippen LogP contribution < -0.4 is 24.4 Å². The van der Waals surface area contributed by atoms with Gasteiger partial charge in [-0.2, -0.15) is 0 Å². The van der Waals surface area contributed by atoms with Gasteiger partial charge in [0.2, 0.25) is 17.7 Å². The van der Waals surface area contributed by atoms with E-state index in [2.05, 4.69) is 15.3 Å². The van der Waals surface area contributed by atoms with Crippen molar-refractivity contribution < 1.29 is 28.2 Å². The summed E-state index contributed by atoms with van der Waals surface area (Å²) in [6, 6.07) is 12.0. The number of amides is 2. The van der Waals surface area contributed by atoms with Gasteiger partial charge in [0.25, 0.3) is 0 Å². The van der Waals surface area contributed by atoms with Crippen LogP contribution in [0, 0.1) is 5.82 Å². The number of pyridine rings is 2. The van der Waals surface area contributed by atoms with Gasteiger partial charge in [-0.05, 0) is 42.5 Å². The zero-order valence-electron chi connectivity index (χ0n) is 22.1. The highest BCUT2D eigenvalue weighted by Crippen LogP contribution is 2.38. The van der Waals surface area contributed by atoms with E-state index in [9.17, 15) is 14.0 Å². The smallest absolute Gasteiger partial charge is 0.238 e. The molecule has 0 spiro atoms. The summed E-state index contributed by atoms with van der Waals surface area (Å²) in [6.07, 6.45) is 2.50. The highest BCUT2D eigenvalue weighted by molar-refractivity contribution is 6.32. The van der Waals surface area contributed by atoms with Crippen molar-refractivity contribution in [3.8, 4) is 23.1 Å². The predicted octanol–water partition coefficient (Wildman–Crippen LogP) is 6.25. The van der Waals surface area contributed by atoms with Gasteiger partial charge in [-0.15, -0.1) is 0 Å². The Hall–Kier alpha value is -4.44. The monoisotopic (exact) mass is 554 g/mol. The average molecular weight is 555 g/mol. The van der Waals surface area contributed by atoms with Gasteiger partial charge in [-0.25, -0.2) is 9.37 Å². The molecule has 9 nitrogen and oxygen atoms in total. The number of halogens is 2. The first-order valence-corrected chi connectivity index (χ1v) is 12.3. The van der Waals surface area contributed by atoms with Gasteiger partial charge in [0, 0.05) is 30.4 Å². The molecule has 0 radical (unpaired) electrons. The van der Waals surface area contributed by atoms with Gasteiger partial charge < -0.3 is 24.4 Å². The highest BCUT2D eigenvalue weighted by atomic mass is 35.5. The molecule has 0 bridgehead atoms. The van der Waals surface area contributed by atoms with Gasteiger partial charge in [0.15, 0.2) is 11.5 Å². The first-order valence-electron chi connectivity index (χ1n) is 11.9. The second-order valence-electron chi connectivity index (χ2n) is 7.80. The van der Waals surface area contributed by atoms with Crippen LogP contribution in [0.5, 0.6) is 23.1 Å². The fourth-order valence-electron chi connectivity index (χ4n) is 3.48. The van der Waals surface area contributed by atoms with Crippen LogP contribution in [-0.2, 0) is 9.59 Å². The number of ether oxygens (including phenoxy) is 3. The number of nitrogens with zero attached hydrogens (tertiary/aromatic N) is 3. The maximum atomic E-state index is 13.1. The van der Waals surface area contributed by atoms with Crippen LogP contribution in [0.25, 0.3) is 10.9 Å². The van der Waals surface area contributed by atoms with Gasteiger partial charge in [0.1, 0.15) is 23.0 Å². The summed E-state index contributed by atoms with van der Waals surface area (Å²) >= 11 is 6.36. The molecule has 4 rings (SSSR count). The third kappa shape index (κ3) is 7.11. The quantitative estimate of drug-likeness (QED) is 0.257. The minimum atomic E-state index is -0.563. The number of nitrogens with one attached hydrogen (secondary N) is 1. The number of hydrogen-bond acceptors (Lipinski definition) is 7. The number of benzene rings is 2. The number of methoxy groups -OCH3 is 2. The number of hydrogen-bond donors (Lipinski definition) is 1. The van der Waals surface area contributed by atoms with E-state index in [1.807, 2.05) is 13.8 Å². The van der Waals surface area contributed by atoms with E-state index >= 15 is 0 Å². The molecule has 0 unspecified atom stereocenters. The van der Waals surface area contributed by atoms with Crippen LogP contribution in [0.3, 0.4) is 0 Å². The molecule has 2 amide bonds. The van der Waals surface area contributed by atoms with Crippen molar-refractivity contribution in [1.82, 2.24) is 9.97 Å². The number of anilines is 2. The lowest BCUT2D eigenvalue weighted by Crippen LogP contribution is -2.30. The van der Waals surface area contributed by atoms with E-state index in [1.54, 1.807) is 24.4 Å². The lowest BCUT2D eigenvalue weighted by molar-refractivity contribution is -0.125. The number of carbonyl (C=O) groups excluding carboxylic acids is 2. The highest BCUT2D eigenvalue weighted by Gasteiger charge is 2.17. The Kier molecular flexibility index (Phi) is 9.99. The largest absolute Gasteiger partial charge is 0.493 e. The lowest BCUT2D eigenvalue weighted by atomic mass is 10.2. The van der Waals surface area contributed by atoms with Crippen LogP contribution in [0.1, 0.15) is 20.3 Å². The minimum absolute atomic E-state index is 0.106. The van der Waals surface area contributed by atoms with Gasteiger partial charge in [-0.3, -0.25) is 14.6 Å². The van der Waals surface area contributed by atoms with Crippen LogP contribution in [0.15, 0.2) is 60.9 Å². The third-order valence-corrected chi connectivity index (χ3v) is 5.68. The van der Waals surface area contributed by atoms with E-state index in [1.165, 1.54) is 62.7 Å². The Bertz CT molecular complexity index is 1470. The fraction of sp³-hybridized carbons (Fsp3) is 0.214. The number of rotatable bonds is 8. The summed E-state index contributed by atoms with van der Waals surface area (Å²) < 4.78 is 29.7. The topological polar surface area (TPSA) is 103 Å². The molecule has 0 saturated carbocycles. The molecular formula is C28H28ClFN4O5. The third-order valence-electron chi connectivity index (χ3n) is 5.40. The summed E-state index contributed by atoms with van der Waals surface area (Å²) in [5, 5.41) is 3.38. The first-order chi connectivity index (χ1) is 18.8. The number of fused-ring (bicyclic) bond motifs is 1. The molecule has 11 heteroatoms. The molecule has 204 valence electrons. The van der Waals surface area contributed by atoms with Crippen LogP contribution >= 0.6 is 11.6 Å². The van der Waals surface area contributed by atoms with Gasteiger partial charge >= 0.3 is 0 Å². The second kappa shape index (κ2) is 13.4. The van der Waals surface area contributed by atoms with E-state index in [0.29, 0.717) is 33.8 Å². The normalized spacial score (nSPS) is 10.2. The van der Waals surface area contributed by atoms with Crippen molar-refractivity contribution in [1.29, 1.82) is 0 Å². The zero-order valence-corrected chi connectivity index (χ0v) is 22.9. The SMILES string of the molecule is CC.COc1cc2nccc(Oc3ncc(NC(=O)CC(=O)N(C)c4ccc(F)cc4)cc3Cl)c2cc1OC. The van der Waals surface area contributed by atoms with Crippen molar-refractivity contribution in [3.63, 3.8) is 0 Å². The molecule has 2 heterocycles. The molecule has 0 saturated heterocycles. The molecule has 0 aliphatic heterocycles. The average Bonchev–Trinajstić information content (AvgIpc) is 2.94. The van der Waals surface area contributed by atoms with Gasteiger partial charge in [-0.1, -0.05) is 25.4 Å². The molecular weight excluding hydrogens is 527 g/mol. The molecule has 0 aliphatic rings. The van der Waals surface area contributed by atoms with Crippen LogP contribution in [-0.4, -0.2) is 43.0 Å². The molecule has 1 N–H and O–H groups in total. The van der Waals surface area contributed by atoms with Crippen LogP contribution in [0.4, 0.5) is 15.8 Å². The van der Waals surface area contributed by atoms with E-state index < -0.39 is 24.1 Å². The minimum Gasteiger partial charge on any atom is -0.493 e. The Morgan fingerprint density at radius 1 is 0.974 bits per heavy atom. The fourth-order valence-corrected chi connectivity index (χ4v) is 3.68. The molecule has 0 aliphatic carbocycles. The number of carbonyl (C=O) groups is 2. The Morgan fingerprint density at radius 3 is 2.28 bits per heavy atom. The van der Waals surface area contributed by atoms with Crippen molar-refractivity contribution in [2.24, 2.45) is 0 Å². The van der Waals surface area contributed by atoms with Gasteiger partial charge in [0.05, 0.1) is 31.6 Å². The predicted molar refractivity (Wildman–Crippen MR) is 149 cm³/mol. The van der Waals surface area contributed by atoms with E-state index in [-0.39, 0.29) is 16.6 Å². The lowest BCUT2D eigenvalue weighted by Gasteiger charge is -2.17. The molecule has 0 fully saturated rings. The summed E-state index contributed by atoms with van der Waals surface area (Å²) in [4.78, 5) is 34.6. The van der Waals surface area contributed by atoms with Crippen molar-refractivity contribution in [2.45, 2.75) is 20.3 Å². The first kappa shape index (κ1) is 29.1. The van der Waals surface area contributed by atoms with Crippen LogP contribution in [0.2, 0.25) is 5.02 Å². The molecule has 4 aromatic rings. The summed E-state index contributed by atoms with van der Waals surface area (Å²) in [5.74, 6) is 0.117. The van der Waals surface area contributed by atoms with E-state index in [4.69, 9.17) is 25.8 Å². The molecule has 39 heavy (non-hydrogen) atoms. The number of aromatic nitrogens is 2. The summed E-state index contributed by atoms with van der Waals surface area (Å²) in [7, 11) is 4.57. The second-order valence-corrected chi connectivity index (χ2v) is 8.21. The summed E-state index contributed by atoms with van der Waals surface area (Å²) in [5.41, 5.74) is 1.36. The zero-order chi connectivity index (χ0) is 28.5. The van der Waals surface area contributed by atoms with Crippen molar-refractivity contribution >= 4 is 45.7 Å². The Morgan fingerprint density at radius 2 is 1.64 bits per heavy atom. The standard InChI is InChI=1S/C26H22ClFN4O5.C2H6/c1-32(17-6-4-15(28)5-7-17)25(34)13-24(33)31-16-10-19(27)26(30-14-16)37-21-8-9-29-20-12-23(36-3)22(35-2)11-18(20)21;1-2/h4-12,14H,13H2,1-3H3,(H,31,33);1-2H3. The Labute approximate surface area is 230 Å². The van der Waals surface area contributed by atoms with Crippen molar-refractivity contribution in [2.75, 3.05) is 31.5 Å². The summed E-state index contributed by atoms with van der Waals surface area (Å²) in [6.45, 7) is 4.00. The molecule has 2 aromatic heterocycles. The van der Waals surface area contributed by atoms with E-state index in [0.717, 1.165) is 0 Å².